The Hall–Kier alpha value is -1.03. The van der Waals surface area contributed by atoms with Crippen molar-refractivity contribution in [2.45, 2.75) is 19.8 Å². The molecule has 0 saturated heterocycles. The molecule has 1 aliphatic rings. The lowest BCUT2D eigenvalue weighted by Gasteiger charge is -2.10. The van der Waals surface area contributed by atoms with Crippen molar-refractivity contribution in [1.29, 1.82) is 0 Å². The summed E-state index contributed by atoms with van der Waals surface area (Å²) in [7, 11) is 0. The van der Waals surface area contributed by atoms with E-state index < -0.39 is 0 Å². The normalized spacial score (nSPS) is 17.4. The number of ketones is 1. The number of nitrogens with two attached hydrogens (primary N) is 1. The third-order valence-corrected chi connectivity index (χ3v) is 2.49. The van der Waals surface area contributed by atoms with E-state index in [2.05, 4.69) is 4.99 Å². The van der Waals surface area contributed by atoms with Crippen LogP contribution in [-0.4, -0.2) is 17.2 Å². The molecule has 14 heavy (non-hydrogen) atoms. The second-order valence-corrected chi connectivity index (χ2v) is 3.84. The topological polar surface area (TPSA) is 55.4 Å². The van der Waals surface area contributed by atoms with Crippen LogP contribution in [0.25, 0.3) is 0 Å². The SMILES string of the molecule is CSC(N)=NC1=C(C(C)=O)C=CCC1. The molecule has 0 spiro atoms. The third-order valence-electron chi connectivity index (χ3n) is 1.98. The first-order valence-corrected chi connectivity index (χ1v) is 5.66. The van der Waals surface area contributed by atoms with Crippen molar-refractivity contribution in [2.24, 2.45) is 10.7 Å². The van der Waals surface area contributed by atoms with E-state index in [0.29, 0.717) is 10.7 Å². The molecule has 1 rings (SSSR count). The van der Waals surface area contributed by atoms with Crippen molar-refractivity contribution in [1.82, 2.24) is 0 Å². The molecule has 4 heteroatoms. The van der Waals surface area contributed by atoms with Gasteiger partial charge < -0.3 is 5.73 Å². The molecule has 0 aromatic heterocycles. The Bertz CT molecular complexity index is 329. The van der Waals surface area contributed by atoms with Gasteiger partial charge in [0.1, 0.15) is 0 Å². The molecule has 0 aliphatic heterocycles. The van der Waals surface area contributed by atoms with E-state index in [0.717, 1.165) is 18.5 Å². The summed E-state index contributed by atoms with van der Waals surface area (Å²) in [5.74, 6) is 0.0496. The maximum atomic E-state index is 11.3. The second kappa shape index (κ2) is 5.00. The maximum absolute atomic E-state index is 11.3. The summed E-state index contributed by atoms with van der Waals surface area (Å²) in [5.41, 5.74) is 7.11. The van der Waals surface area contributed by atoms with Gasteiger partial charge in [0, 0.05) is 5.57 Å². The number of rotatable bonds is 2. The molecule has 1 aliphatic carbocycles. The zero-order valence-corrected chi connectivity index (χ0v) is 9.23. The molecule has 0 heterocycles. The van der Waals surface area contributed by atoms with Gasteiger partial charge in [0.15, 0.2) is 11.0 Å². The molecule has 0 saturated carbocycles. The van der Waals surface area contributed by atoms with Crippen LogP contribution in [0.5, 0.6) is 0 Å². The zero-order chi connectivity index (χ0) is 10.6. The highest BCUT2D eigenvalue weighted by atomic mass is 32.2. The van der Waals surface area contributed by atoms with Gasteiger partial charge in [-0.3, -0.25) is 4.79 Å². The highest BCUT2D eigenvalue weighted by Gasteiger charge is 2.11. The van der Waals surface area contributed by atoms with Gasteiger partial charge in [0.25, 0.3) is 0 Å². The second-order valence-electron chi connectivity index (χ2n) is 3.01. The number of amidine groups is 1. The number of aliphatic imine (C=N–C) groups is 1. The van der Waals surface area contributed by atoms with Crippen LogP contribution >= 0.6 is 11.8 Å². The minimum atomic E-state index is 0.0496. The van der Waals surface area contributed by atoms with Gasteiger partial charge in [-0.05, 0) is 26.0 Å². The van der Waals surface area contributed by atoms with Crippen LogP contribution in [0.2, 0.25) is 0 Å². The van der Waals surface area contributed by atoms with E-state index >= 15 is 0 Å². The Morgan fingerprint density at radius 2 is 2.36 bits per heavy atom. The van der Waals surface area contributed by atoms with Crippen molar-refractivity contribution in [3.63, 3.8) is 0 Å². The minimum Gasteiger partial charge on any atom is -0.378 e. The molecule has 2 N–H and O–H groups in total. The number of Topliss-reactive ketones (excluding diaryl/α,β-unsaturated/α-hetero) is 1. The molecule has 0 aromatic rings. The number of hydrogen-bond donors (Lipinski definition) is 1. The molecule has 3 nitrogen and oxygen atoms in total. The molecule has 0 aromatic carbocycles. The highest BCUT2D eigenvalue weighted by Crippen LogP contribution is 2.21. The monoisotopic (exact) mass is 210 g/mol. The van der Waals surface area contributed by atoms with E-state index in [1.165, 1.54) is 11.8 Å². The number of hydrogen-bond acceptors (Lipinski definition) is 3. The summed E-state index contributed by atoms with van der Waals surface area (Å²) in [6.45, 7) is 1.55. The first-order chi connectivity index (χ1) is 6.65. The molecule has 0 amide bonds. The smallest absolute Gasteiger partial charge is 0.161 e. The van der Waals surface area contributed by atoms with Crippen LogP contribution in [0.1, 0.15) is 19.8 Å². The summed E-state index contributed by atoms with van der Waals surface area (Å²) in [6.07, 6.45) is 7.42. The van der Waals surface area contributed by atoms with E-state index in [1.54, 1.807) is 6.92 Å². The standard InChI is InChI=1S/C10H14N2OS/c1-7(13)8-5-3-4-6-9(8)12-10(11)14-2/h3,5H,4,6H2,1-2H3,(H2,11,12). The summed E-state index contributed by atoms with van der Waals surface area (Å²) in [4.78, 5) is 15.5. The molecule has 0 atom stereocenters. The Balaban J connectivity index is 3.01. The number of allylic oxidation sites excluding steroid dienone is 4. The molecule has 0 radical (unpaired) electrons. The third kappa shape index (κ3) is 2.73. The molecular weight excluding hydrogens is 196 g/mol. The van der Waals surface area contributed by atoms with Gasteiger partial charge in [0.2, 0.25) is 0 Å². The van der Waals surface area contributed by atoms with Gasteiger partial charge in [-0.2, -0.15) is 0 Å². The summed E-state index contributed by atoms with van der Waals surface area (Å²) >= 11 is 1.39. The Morgan fingerprint density at radius 1 is 1.64 bits per heavy atom. The summed E-state index contributed by atoms with van der Waals surface area (Å²) in [6, 6.07) is 0. The van der Waals surface area contributed by atoms with E-state index in [4.69, 9.17) is 5.73 Å². The van der Waals surface area contributed by atoms with Crippen LogP contribution < -0.4 is 5.73 Å². The Kier molecular flexibility index (Phi) is 3.95. The first kappa shape index (κ1) is 11.0. The zero-order valence-electron chi connectivity index (χ0n) is 8.41. The van der Waals surface area contributed by atoms with E-state index in [-0.39, 0.29) is 5.78 Å². The van der Waals surface area contributed by atoms with Gasteiger partial charge in [-0.1, -0.05) is 23.9 Å². The van der Waals surface area contributed by atoms with Gasteiger partial charge in [-0.15, -0.1) is 0 Å². The van der Waals surface area contributed by atoms with Gasteiger partial charge >= 0.3 is 0 Å². The lowest BCUT2D eigenvalue weighted by molar-refractivity contribution is -0.113. The highest BCUT2D eigenvalue weighted by molar-refractivity contribution is 8.13. The number of carbonyl (C=O) groups excluding carboxylic acids is 1. The van der Waals surface area contributed by atoms with Crippen molar-refractivity contribution in [3.8, 4) is 0 Å². The fraction of sp³-hybridized carbons (Fsp3) is 0.400. The average molecular weight is 210 g/mol. The van der Waals surface area contributed by atoms with Gasteiger partial charge in [-0.25, -0.2) is 4.99 Å². The summed E-state index contributed by atoms with van der Waals surface area (Å²) < 4.78 is 0. The predicted molar refractivity (Wildman–Crippen MR) is 61.2 cm³/mol. The van der Waals surface area contributed by atoms with Crippen molar-refractivity contribution < 1.29 is 4.79 Å². The number of carbonyl (C=O) groups is 1. The fourth-order valence-electron chi connectivity index (χ4n) is 1.27. The number of nitrogens with zero attached hydrogens (tertiary/aromatic N) is 1. The van der Waals surface area contributed by atoms with E-state index in [1.807, 2.05) is 18.4 Å². The predicted octanol–water partition coefficient (Wildman–Crippen LogP) is 1.86. The molecular formula is C10H14N2OS. The van der Waals surface area contributed by atoms with Crippen molar-refractivity contribution in [2.75, 3.05) is 6.26 Å². The Labute approximate surface area is 88.2 Å². The van der Waals surface area contributed by atoms with E-state index in [9.17, 15) is 4.79 Å². The van der Waals surface area contributed by atoms with Crippen LogP contribution in [-0.2, 0) is 4.79 Å². The molecule has 0 fully saturated rings. The first-order valence-electron chi connectivity index (χ1n) is 4.44. The lowest BCUT2D eigenvalue weighted by Crippen LogP contribution is -2.09. The van der Waals surface area contributed by atoms with Gasteiger partial charge in [0.05, 0.1) is 5.70 Å². The van der Waals surface area contributed by atoms with Crippen LogP contribution in [0.3, 0.4) is 0 Å². The maximum Gasteiger partial charge on any atom is 0.161 e. The van der Waals surface area contributed by atoms with Crippen LogP contribution in [0, 0.1) is 0 Å². The minimum absolute atomic E-state index is 0.0496. The largest absolute Gasteiger partial charge is 0.378 e. The van der Waals surface area contributed by atoms with Crippen molar-refractivity contribution in [3.05, 3.63) is 23.4 Å². The lowest BCUT2D eigenvalue weighted by atomic mass is 10.0. The average Bonchev–Trinajstić information content (AvgIpc) is 2.18. The Morgan fingerprint density at radius 3 is 2.93 bits per heavy atom. The number of thioether (sulfide) groups is 1. The molecule has 0 bridgehead atoms. The van der Waals surface area contributed by atoms with Crippen LogP contribution in [0.4, 0.5) is 0 Å². The summed E-state index contributed by atoms with van der Waals surface area (Å²) in [5, 5.41) is 0.508. The quantitative estimate of drug-likeness (QED) is 0.559. The van der Waals surface area contributed by atoms with Crippen LogP contribution in [0.15, 0.2) is 28.4 Å². The van der Waals surface area contributed by atoms with Crippen molar-refractivity contribution >= 4 is 22.7 Å². The fourth-order valence-corrected chi connectivity index (χ4v) is 1.47. The molecule has 76 valence electrons. The molecule has 0 unspecified atom stereocenters.